The zero-order chi connectivity index (χ0) is 36.0. The van der Waals surface area contributed by atoms with E-state index in [9.17, 15) is 26.3 Å². The smallest absolute Gasteiger partial charge is 0.371 e. The van der Waals surface area contributed by atoms with Crippen molar-refractivity contribution in [3.05, 3.63) is 167 Å². The third-order valence-electron chi connectivity index (χ3n) is 9.30. The number of hydrogen-bond donors (Lipinski definition) is 1. The van der Waals surface area contributed by atoms with E-state index in [1.165, 1.54) is 24.3 Å². The maximum atomic E-state index is 13.4. The Morgan fingerprint density at radius 2 is 1.12 bits per heavy atom. The molecule has 1 aromatic heterocycles. The summed E-state index contributed by atoms with van der Waals surface area (Å²) in [5, 5.41) is 3.43. The molecule has 0 radical (unpaired) electrons. The highest BCUT2D eigenvalue weighted by Gasteiger charge is 2.33. The summed E-state index contributed by atoms with van der Waals surface area (Å²) >= 11 is 0. The van der Waals surface area contributed by atoms with E-state index in [1.807, 2.05) is 84.9 Å². The van der Waals surface area contributed by atoms with Crippen molar-refractivity contribution >= 4 is 28.7 Å². The van der Waals surface area contributed by atoms with Gasteiger partial charge in [0.2, 0.25) is 0 Å². The molecular weight excluding hydrogens is 674 g/mol. The van der Waals surface area contributed by atoms with Gasteiger partial charge in [0.15, 0.2) is 0 Å². The maximum absolute atomic E-state index is 13.4. The van der Waals surface area contributed by atoms with Crippen LogP contribution in [0.4, 0.5) is 37.7 Å². The predicted octanol–water partition coefficient (Wildman–Crippen LogP) is 11.6. The van der Waals surface area contributed by atoms with Gasteiger partial charge >= 0.3 is 12.4 Å². The second-order valence-corrected chi connectivity index (χ2v) is 12.7. The molecule has 0 bridgehead atoms. The van der Waals surface area contributed by atoms with Gasteiger partial charge in [-0.2, -0.15) is 26.3 Å². The summed E-state index contributed by atoms with van der Waals surface area (Å²) in [5.41, 5.74) is 7.98. The van der Waals surface area contributed by atoms with Gasteiger partial charge in [0, 0.05) is 11.1 Å². The summed E-state index contributed by atoms with van der Waals surface area (Å²) in [6.45, 7) is 0. The Morgan fingerprint density at radius 1 is 0.558 bits per heavy atom. The second kappa shape index (κ2) is 12.9. The predicted molar refractivity (Wildman–Crippen MR) is 191 cm³/mol. The number of anilines is 1. The number of benzene rings is 5. The third kappa shape index (κ3) is 6.48. The van der Waals surface area contributed by atoms with Crippen molar-refractivity contribution in [1.82, 2.24) is 9.97 Å². The molecule has 1 aliphatic heterocycles. The Hall–Kier alpha value is -6.03. The van der Waals surface area contributed by atoms with E-state index in [2.05, 4.69) is 5.32 Å². The van der Waals surface area contributed by atoms with Gasteiger partial charge in [-0.25, -0.2) is 15.0 Å². The standard InChI is InChI=1S/C42H28F6N4/c43-41(44,45)31-17-11-27(12-18-31)39-40(28-13-19-32(20-14-28)42(46,47)48)52-36-24-30(16-22-34(36)50-39)29-15-21-33-35(23-29)51-38(26-9-5-2-6-10-26)37(49-33)25-7-3-1-4-8-25/h1-14,16-20,22-24,40,52H,15,21H2. The van der Waals surface area contributed by atoms with Crippen molar-refractivity contribution in [3.63, 3.8) is 0 Å². The number of hydrogen-bond acceptors (Lipinski definition) is 4. The highest BCUT2D eigenvalue weighted by atomic mass is 19.4. The van der Waals surface area contributed by atoms with Gasteiger partial charge in [0.1, 0.15) is 0 Å². The summed E-state index contributed by atoms with van der Waals surface area (Å²) in [4.78, 5) is 15.1. The van der Waals surface area contributed by atoms with Crippen LogP contribution in [0.25, 0.3) is 34.2 Å². The lowest BCUT2D eigenvalue weighted by Gasteiger charge is -2.29. The Bertz CT molecular complexity index is 2330. The molecule has 0 saturated heterocycles. The Labute approximate surface area is 295 Å². The fourth-order valence-corrected chi connectivity index (χ4v) is 6.63. The highest BCUT2D eigenvalue weighted by molar-refractivity contribution is 6.10. The molecule has 0 amide bonds. The van der Waals surface area contributed by atoms with Gasteiger partial charge in [0.25, 0.3) is 0 Å². The Balaban J connectivity index is 1.18. The minimum Gasteiger partial charge on any atom is -0.371 e. The largest absolute Gasteiger partial charge is 0.416 e. The molecule has 1 N–H and O–H groups in total. The first-order chi connectivity index (χ1) is 25.0. The van der Waals surface area contributed by atoms with E-state index in [-0.39, 0.29) is 0 Å². The number of aryl methyl sites for hydroxylation is 1. The molecule has 0 spiro atoms. The van der Waals surface area contributed by atoms with Crippen LogP contribution in [-0.2, 0) is 18.8 Å². The number of nitrogens with one attached hydrogen (secondary N) is 1. The van der Waals surface area contributed by atoms with Crippen molar-refractivity contribution in [2.24, 2.45) is 4.99 Å². The van der Waals surface area contributed by atoms with Crippen LogP contribution < -0.4 is 5.32 Å². The third-order valence-corrected chi connectivity index (χ3v) is 9.30. The first kappa shape index (κ1) is 33.1. The topological polar surface area (TPSA) is 50.2 Å². The van der Waals surface area contributed by atoms with Crippen molar-refractivity contribution in [1.29, 1.82) is 0 Å². The molecule has 0 saturated carbocycles. The van der Waals surface area contributed by atoms with Crippen LogP contribution in [0.1, 0.15) is 51.7 Å². The van der Waals surface area contributed by atoms with E-state index in [4.69, 9.17) is 15.0 Å². The number of allylic oxidation sites excluding steroid dienone is 1. The zero-order valence-corrected chi connectivity index (χ0v) is 27.3. The Morgan fingerprint density at radius 3 is 1.71 bits per heavy atom. The molecule has 10 heteroatoms. The van der Waals surface area contributed by atoms with Gasteiger partial charge in [-0.05, 0) is 77.6 Å². The molecule has 0 fully saturated rings. The maximum Gasteiger partial charge on any atom is 0.416 e. The van der Waals surface area contributed by atoms with Crippen LogP contribution >= 0.6 is 0 Å². The molecule has 5 aromatic carbocycles. The van der Waals surface area contributed by atoms with Crippen molar-refractivity contribution in [2.75, 3.05) is 5.32 Å². The van der Waals surface area contributed by atoms with Crippen LogP contribution in [0, 0.1) is 0 Å². The van der Waals surface area contributed by atoms with E-state index >= 15 is 0 Å². The van der Waals surface area contributed by atoms with Gasteiger partial charge in [0.05, 0.1) is 57.0 Å². The van der Waals surface area contributed by atoms with Crippen LogP contribution in [0.3, 0.4) is 0 Å². The minimum absolute atomic E-state index is 0.387. The minimum atomic E-state index is -4.52. The Kier molecular flexibility index (Phi) is 8.24. The van der Waals surface area contributed by atoms with Gasteiger partial charge in [-0.1, -0.05) is 91.0 Å². The molecule has 258 valence electrons. The van der Waals surface area contributed by atoms with Gasteiger partial charge in [-0.15, -0.1) is 0 Å². The fourth-order valence-electron chi connectivity index (χ4n) is 6.63. The molecule has 2 heterocycles. The SMILES string of the molecule is FC(F)(F)c1ccc(C2=Nc3ccc(C4=Cc5nc(-c6ccccc6)c(-c6ccccc6)nc5CC4)cc3NC2c2ccc(C(F)(F)F)cc2)cc1. The fraction of sp³-hybridized carbons (Fsp3) is 0.119. The number of nitrogens with zero attached hydrogens (tertiary/aromatic N) is 3. The highest BCUT2D eigenvalue weighted by Crippen LogP contribution is 2.42. The van der Waals surface area contributed by atoms with Gasteiger partial charge in [-0.3, -0.25) is 0 Å². The monoisotopic (exact) mass is 702 g/mol. The van der Waals surface area contributed by atoms with Crippen LogP contribution in [0.5, 0.6) is 0 Å². The molecule has 4 nitrogen and oxygen atoms in total. The quantitative estimate of drug-likeness (QED) is 0.182. The number of alkyl halides is 6. The number of aromatic nitrogens is 2. The van der Waals surface area contributed by atoms with Crippen LogP contribution in [-0.4, -0.2) is 15.7 Å². The van der Waals surface area contributed by atoms with Crippen molar-refractivity contribution in [3.8, 4) is 22.5 Å². The molecule has 1 atom stereocenters. The zero-order valence-electron chi connectivity index (χ0n) is 27.3. The first-order valence-corrected chi connectivity index (χ1v) is 16.6. The molecule has 52 heavy (non-hydrogen) atoms. The summed E-state index contributed by atoms with van der Waals surface area (Å²) < 4.78 is 80.3. The number of aliphatic imine (C=N–C) groups is 1. The van der Waals surface area contributed by atoms with E-state index in [0.29, 0.717) is 41.1 Å². The second-order valence-electron chi connectivity index (χ2n) is 12.7. The van der Waals surface area contributed by atoms with Crippen molar-refractivity contribution in [2.45, 2.75) is 31.2 Å². The molecule has 8 rings (SSSR count). The lowest BCUT2D eigenvalue weighted by atomic mass is 9.90. The van der Waals surface area contributed by atoms with Crippen LogP contribution in [0.2, 0.25) is 0 Å². The molecule has 2 aliphatic rings. The molecule has 1 aliphatic carbocycles. The van der Waals surface area contributed by atoms with Crippen molar-refractivity contribution < 1.29 is 26.3 Å². The summed E-state index contributed by atoms with van der Waals surface area (Å²) in [6, 6.07) is 34.2. The number of rotatable bonds is 5. The van der Waals surface area contributed by atoms with Crippen LogP contribution in [0.15, 0.2) is 132 Å². The molecular formula is C42H28F6N4. The average molecular weight is 703 g/mol. The summed E-state index contributed by atoms with van der Waals surface area (Å²) in [7, 11) is 0. The average Bonchev–Trinajstić information content (AvgIpc) is 3.16. The van der Waals surface area contributed by atoms with Gasteiger partial charge < -0.3 is 5.32 Å². The van der Waals surface area contributed by atoms with E-state index in [0.717, 1.165) is 69.3 Å². The molecule has 1 unspecified atom stereocenters. The molecule has 6 aromatic rings. The normalized spacial score (nSPS) is 15.5. The first-order valence-electron chi connectivity index (χ1n) is 16.6. The number of halogens is 6. The lowest BCUT2D eigenvalue weighted by Crippen LogP contribution is -2.25. The lowest BCUT2D eigenvalue weighted by molar-refractivity contribution is -0.138. The van der Waals surface area contributed by atoms with E-state index < -0.39 is 29.5 Å². The summed E-state index contributed by atoms with van der Waals surface area (Å²) in [5.74, 6) is 0. The van der Waals surface area contributed by atoms with E-state index in [1.54, 1.807) is 0 Å². The summed E-state index contributed by atoms with van der Waals surface area (Å²) in [6.07, 6.45) is -5.64. The number of fused-ring (bicyclic) bond motifs is 2.